The van der Waals surface area contributed by atoms with E-state index in [1.54, 1.807) is 66.7 Å². The van der Waals surface area contributed by atoms with Crippen molar-refractivity contribution < 1.29 is 47.6 Å². The first kappa shape index (κ1) is 36.8. The third kappa shape index (κ3) is 10.5. The minimum absolute atomic E-state index is 0.0613. The van der Waals surface area contributed by atoms with Crippen LogP contribution in [-0.2, 0) is 33.2 Å². The summed E-state index contributed by atoms with van der Waals surface area (Å²) < 4.78 is 32.9. The number of hydrogen-bond acceptors (Lipinski definition) is 11. The van der Waals surface area contributed by atoms with E-state index in [4.69, 9.17) is 68.6 Å². The molecular weight excluding hydrogens is 689 g/mol. The monoisotopic (exact) mass is 719 g/mol. The Bertz CT molecular complexity index is 1550. The molecule has 3 aromatic rings. The highest BCUT2D eigenvalue weighted by Crippen LogP contribution is 2.34. The van der Waals surface area contributed by atoms with Gasteiger partial charge >= 0.3 is 17.9 Å². The molecular formula is C34H32Cl3NO10. The molecule has 0 radical (unpaired) electrons. The smallest absolute Gasteiger partial charge is 0.338 e. The standard InChI is InChI=1S/C34H32Cl3NO10/c1-21(39)12-11-19-43-27-26(46-30(41)23-15-7-3-8-16-23)25(20-44-29(40)22-13-5-2-6-14-22)45-32(48-33(38)34(35,36)37)28(27)47-31(42)24-17-9-4-10-18-24/h2-10,13-18,25-28,32,38H,11-12,19-20H2,1H3/t25-,26+,27+,28-,32-/m1/s1. The van der Waals surface area contributed by atoms with E-state index in [0.29, 0.717) is 0 Å². The van der Waals surface area contributed by atoms with Gasteiger partial charge in [-0.1, -0.05) is 89.4 Å². The highest BCUT2D eigenvalue weighted by atomic mass is 35.6. The number of benzene rings is 3. The van der Waals surface area contributed by atoms with Crippen LogP contribution in [0, 0.1) is 5.41 Å². The van der Waals surface area contributed by atoms with Crippen molar-refractivity contribution in [3.63, 3.8) is 0 Å². The van der Waals surface area contributed by atoms with Crippen molar-refractivity contribution in [3.05, 3.63) is 108 Å². The molecule has 5 atom stereocenters. The molecule has 11 nitrogen and oxygen atoms in total. The second-order valence-corrected chi connectivity index (χ2v) is 12.8. The van der Waals surface area contributed by atoms with Crippen LogP contribution < -0.4 is 0 Å². The Morgan fingerprint density at radius 3 is 1.67 bits per heavy atom. The van der Waals surface area contributed by atoms with Gasteiger partial charge in [-0.3, -0.25) is 5.41 Å². The molecule has 254 valence electrons. The van der Waals surface area contributed by atoms with Crippen molar-refractivity contribution in [1.82, 2.24) is 0 Å². The van der Waals surface area contributed by atoms with E-state index in [2.05, 4.69) is 0 Å². The van der Waals surface area contributed by atoms with E-state index in [9.17, 15) is 19.2 Å². The second kappa shape index (κ2) is 17.4. The zero-order valence-electron chi connectivity index (χ0n) is 25.6. The number of nitrogens with one attached hydrogen (secondary N) is 1. The van der Waals surface area contributed by atoms with Crippen LogP contribution in [-0.4, -0.2) is 77.3 Å². The molecule has 1 aliphatic heterocycles. The average molecular weight is 721 g/mol. The summed E-state index contributed by atoms with van der Waals surface area (Å²) in [6, 6.07) is 24.1. The fourth-order valence-electron chi connectivity index (χ4n) is 4.64. The molecule has 14 heteroatoms. The summed E-state index contributed by atoms with van der Waals surface area (Å²) in [5.41, 5.74) is 0.574. The molecule has 1 saturated heterocycles. The van der Waals surface area contributed by atoms with Crippen molar-refractivity contribution in [2.45, 2.75) is 54.3 Å². The number of rotatable bonds is 13. The van der Waals surface area contributed by atoms with Gasteiger partial charge in [0.2, 0.25) is 12.2 Å². The summed E-state index contributed by atoms with van der Waals surface area (Å²) in [6.07, 6.45) is -6.88. The van der Waals surface area contributed by atoms with Gasteiger partial charge in [-0.15, -0.1) is 0 Å². The summed E-state index contributed by atoms with van der Waals surface area (Å²) in [5.74, 6) is -3.31. The highest BCUT2D eigenvalue weighted by molar-refractivity contribution is 6.76. The van der Waals surface area contributed by atoms with Crippen LogP contribution >= 0.6 is 34.8 Å². The van der Waals surface area contributed by atoms with Crippen molar-refractivity contribution in [1.29, 1.82) is 5.41 Å². The second-order valence-electron chi connectivity index (χ2n) is 10.6. The fraction of sp³-hybridized carbons (Fsp3) is 0.324. The zero-order chi connectivity index (χ0) is 34.7. The Morgan fingerprint density at radius 2 is 1.19 bits per heavy atom. The van der Waals surface area contributed by atoms with Crippen LogP contribution in [0.2, 0.25) is 0 Å². The van der Waals surface area contributed by atoms with Crippen LogP contribution in [0.4, 0.5) is 0 Å². The maximum absolute atomic E-state index is 13.4. The maximum Gasteiger partial charge on any atom is 0.338 e. The number of hydrogen-bond donors (Lipinski definition) is 1. The fourth-order valence-corrected chi connectivity index (χ4v) is 4.77. The number of carbonyl (C=O) groups excluding carboxylic acids is 4. The van der Waals surface area contributed by atoms with Crippen LogP contribution in [0.3, 0.4) is 0 Å². The number of carbonyl (C=O) groups is 4. The van der Waals surface area contributed by atoms with Crippen LogP contribution in [0.15, 0.2) is 91.0 Å². The molecule has 0 aromatic heterocycles. The molecule has 1 heterocycles. The molecule has 0 aliphatic carbocycles. The van der Waals surface area contributed by atoms with Gasteiger partial charge in [-0.25, -0.2) is 14.4 Å². The predicted octanol–water partition coefficient (Wildman–Crippen LogP) is 6.14. The summed E-state index contributed by atoms with van der Waals surface area (Å²) in [4.78, 5) is 51.4. The Hall–Kier alpha value is -4.00. The minimum Gasteiger partial charge on any atom is -0.459 e. The summed E-state index contributed by atoms with van der Waals surface area (Å²) >= 11 is 17.7. The van der Waals surface area contributed by atoms with Gasteiger partial charge in [0.15, 0.2) is 12.2 Å². The van der Waals surface area contributed by atoms with Crippen molar-refractivity contribution in [2.24, 2.45) is 0 Å². The number of halogens is 3. The molecule has 0 saturated carbocycles. The van der Waals surface area contributed by atoms with Crippen LogP contribution in [0.1, 0.15) is 50.8 Å². The van der Waals surface area contributed by atoms with E-state index < -0.39 is 64.9 Å². The first-order valence-corrected chi connectivity index (χ1v) is 15.9. The molecule has 0 bridgehead atoms. The lowest BCUT2D eigenvalue weighted by Crippen LogP contribution is -2.63. The lowest BCUT2D eigenvalue weighted by molar-refractivity contribution is -0.288. The molecule has 3 aromatic carbocycles. The van der Waals surface area contributed by atoms with E-state index in [0.717, 1.165) is 0 Å². The third-order valence-corrected chi connectivity index (χ3v) is 7.47. The lowest BCUT2D eigenvalue weighted by atomic mass is 9.97. The maximum atomic E-state index is 13.4. The lowest BCUT2D eigenvalue weighted by Gasteiger charge is -2.44. The normalized spacial score (nSPS) is 20.6. The Kier molecular flexibility index (Phi) is 13.4. The third-order valence-electron chi connectivity index (χ3n) is 6.96. The number of alkyl halides is 3. The molecule has 0 unspecified atom stereocenters. The molecule has 1 fully saturated rings. The SMILES string of the molecule is CC(=O)CCCO[C@H]1[C@@H](OC(=O)c2ccccc2)[C@@H](COC(=O)c2ccccc2)O[C@H](OC(=N)C(Cl)(Cl)Cl)[C@@H]1OC(=O)c1ccccc1. The quantitative estimate of drug-likeness (QED) is 0.0546. The minimum atomic E-state index is -2.35. The van der Waals surface area contributed by atoms with Gasteiger partial charge in [0, 0.05) is 13.0 Å². The summed E-state index contributed by atoms with van der Waals surface area (Å²) in [6.45, 7) is 0.856. The topological polar surface area (TPSA) is 148 Å². The number of ether oxygens (including phenoxy) is 6. The molecule has 1 aliphatic rings. The molecule has 48 heavy (non-hydrogen) atoms. The average Bonchev–Trinajstić information content (AvgIpc) is 3.08. The van der Waals surface area contributed by atoms with Crippen molar-refractivity contribution >= 4 is 64.4 Å². The summed E-state index contributed by atoms with van der Waals surface area (Å²) in [5, 5.41) is 8.23. The molecule has 0 amide bonds. The van der Waals surface area contributed by atoms with Gasteiger partial charge in [-0.2, -0.15) is 0 Å². The van der Waals surface area contributed by atoms with Gasteiger partial charge < -0.3 is 33.2 Å². The van der Waals surface area contributed by atoms with Crippen molar-refractivity contribution in [2.75, 3.05) is 13.2 Å². The van der Waals surface area contributed by atoms with E-state index in [1.807, 2.05) is 0 Å². The van der Waals surface area contributed by atoms with Crippen LogP contribution in [0.25, 0.3) is 0 Å². The largest absolute Gasteiger partial charge is 0.459 e. The van der Waals surface area contributed by atoms with Gasteiger partial charge in [0.1, 0.15) is 24.6 Å². The van der Waals surface area contributed by atoms with Crippen LogP contribution in [0.5, 0.6) is 0 Å². The molecule has 4 rings (SSSR count). The number of ketones is 1. The first-order valence-electron chi connectivity index (χ1n) is 14.8. The Balaban J connectivity index is 1.74. The Labute approximate surface area is 291 Å². The Morgan fingerprint density at radius 1 is 0.708 bits per heavy atom. The van der Waals surface area contributed by atoms with Gasteiger partial charge in [0.25, 0.3) is 3.79 Å². The van der Waals surface area contributed by atoms with E-state index in [1.165, 1.54) is 31.2 Å². The van der Waals surface area contributed by atoms with E-state index in [-0.39, 0.29) is 41.9 Å². The van der Waals surface area contributed by atoms with Gasteiger partial charge in [-0.05, 0) is 49.7 Å². The van der Waals surface area contributed by atoms with E-state index >= 15 is 0 Å². The summed E-state index contributed by atoms with van der Waals surface area (Å²) in [7, 11) is 0. The number of Topliss-reactive ketones (excluding diaryl/α,β-unsaturated/α-hetero) is 1. The first-order chi connectivity index (χ1) is 22.9. The molecule has 1 N–H and O–H groups in total. The predicted molar refractivity (Wildman–Crippen MR) is 175 cm³/mol. The zero-order valence-corrected chi connectivity index (χ0v) is 27.9. The highest BCUT2D eigenvalue weighted by Gasteiger charge is 2.53. The van der Waals surface area contributed by atoms with Crippen molar-refractivity contribution in [3.8, 4) is 0 Å². The number of esters is 3. The molecule has 0 spiro atoms. The van der Waals surface area contributed by atoms with Gasteiger partial charge in [0.05, 0.1) is 16.7 Å².